The van der Waals surface area contributed by atoms with Crippen molar-refractivity contribution in [1.29, 1.82) is 0 Å². The lowest BCUT2D eigenvalue weighted by Gasteiger charge is -2.31. The molecule has 0 atom stereocenters. The number of halogens is 3. The predicted molar refractivity (Wildman–Crippen MR) is 118 cm³/mol. The molecule has 166 valence electrons. The number of carbonyl (C=O) groups is 2. The number of nitrogens with zero attached hydrogens (tertiary/aromatic N) is 2. The van der Waals surface area contributed by atoms with Gasteiger partial charge in [0.2, 0.25) is 0 Å². The Balaban J connectivity index is 1.57. The number of fused-ring (bicyclic) bond motifs is 1. The molecule has 0 unspecified atom stereocenters. The van der Waals surface area contributed by atoms with Gasteiger partial charge >= 0.3 is 6.18 Å². The second kappa shape index (κ2) is 7.92. The fourth-order valence-corrected chi connectivity index (χ4v) is 4.40. The average molecular weight is 448 g/mol. The largest absolute Gasteiger partial charge is 0.416 e. The molecule has 0 saturated carbocycles. The topological polar surface area (TPSA) is 40.6 Å². The zero-order valence-corrected chi connectivity index (χ0v) is 17.5. The number of amides is 2. The number of hydrogen-bond acceptors (Lipinski definition) is 3. The Morgan fingerprint density at radius 3 is 2.03 bits per heavy atom. The number of anilines is 1. The Morgan fingerprint density at radius 2 is 1.36 bits per heavy atom. The lowest BCUT2D eigenvalue weighted by molar-refractivity contribution is -0.137. The van der Waals surface area contributed by atoms with Crippen molar-refractivity contribution in [2.45, 2.75) is 19.1 Å². The summed E-state index contributed by atoms with van der Waals surface area (Å²) in [5, 5.41) is 0. The van der Waals surface area contributed by atoms with Crippen LogP contribution in [0, 0.1) is 0 Å². The summed E-state index contributed by atoms with van der Waals surface area (Å²) in [6.45, 7) is 1.03. The summed E-state index contributed by atoms with van der Waals surface area (Å²) in [4.78, 5) is 29.9. The molecule has 2 amide bonds. The summed E-state index contributed by atoms with van der Waals surface area (Å²) in [5.41, 5.74) is 2.69. The molecule has 0 bridgehead atoms. The van der Waals surface area contributed by atoms with Gasteiger partial charge in [-0.2, -0.15) is 13.2 Å². The van der Waals surface area contributed by atoms with Crippen molar-refractivity contribution in [3.8, 4) is 0 Å². The molecule has 3 aromatic rings. The Labute approximate surface area is 188 Å². The van der Waals surface area contributed by atoms with Gasteiger partial charge in [0.25, 0.3) is 11.8 Å². The summed E-state index contributed by atoms with van der Waals surface area (Å²) in [7, 11) is 0. The van der Waals surface area contributed by atoms with Crippen LogP contribution in [0.1, 0.15) is 22.3 Å². The summed E-state index contributed by atoms with van der Waals surface area (Å²) in [6.07, 6.45) is -3.78. The SMILES string of the molecule is O=C1C(c2ccccc2)=C(N2CCc3ccccc3C2)C(=O)N1c1ccc(C(F)(F)F)cc1. The molecular formula is C26H19F3N2O2. The number of alkyl halides is 3. The van der Waals surface area contributed by atoms with Gasteiger partial charge in [0.15, 0.2) is 0 Å². The van der Waals surface area contributed by atoms with E-state index in [1.807, 2.05) is 29.2 Å². The first-order valence-electron chi connectivity index (χ1n) is 10.5. The van der Waals surface area contributed by atoms with Crippen LogP contribution in [0.2, 0.25) is 0 Å². The molecule has 2 aliphatic heterocycles. The van der Waals surface area contributed by atoms with E-state index in [2.05, 4.69) is 6.07 Å². The summed E-state index contributed by atoms with van der Waals surface area (Å²) < 4.78 is 39.0. The highest BCUT2D eigenvalue weighted by Gasteiger charge is 2.43. The van der Waals surface area contributed by atoms with E-state index in [1.165, 1.54) is 5.56 Å². The third kappa shape index (κ3) is 3.69. The summed E-state index contributed by atoms with van der Waals surface area (Å²) in [6, 6.07) is 20.9. The lowest BCUT2D eigenvalue weighted by Crippen LogP contribution is -2.37. The maximum Gasteiger partial charge on any atom is 0.416 e. The van der Waals surface area contributed by atoms with Crippen molar-refractivity contribution in [1.82, 2.24) is 4.90 Å². The van der Waals surface area contributed by atoms with E-state index in [1.54, 1.807) is 24.3 Å². The zero-order chi connectivity index (χ0) is 23.2. The minimum atomic E-state index is -4.50. The molecular weight excluding hydrogens is 429 g/mol. The van der Waals surface area contributed by atoms with E-state index < -0.39 is 23.6 Å². The molecule has 0 aromatic heterocycles. The molecule has 2 aliphatic rings. The van der Waals surface area contributed by atoms with Gasteiger partial charge in [0.1, 0.15) is 5.70 Å². The van der Waals surface area contributed by atoms with Gasteiger partial charge in [0.05, 0.1) is 16.8 Å². The minimum Gasteiger partial charge on any atom is -0.362 e. The normalized spacial score (nSPS) is 16.5. The number of imide groups is 1. The monoisotopic (exact) mass is 448 g/mol. The van der Waals surface area contributed by atoms with Crippen LogP contribution in [-0.4, -0.2) is 23.3 Å². The fourth-order valence-electron chi connectivity index (χ4n) is 4.40. The quantitative estimate of drug-likeness (QED) is 0.527. The third-order valence-electron chi connectivity index (χ3n) is 6.02. The second-order valence-corrected chi connectivity index (χ2v) is 8.02. The molecule has 3 aromatic carbocycles. The van der Waals surface area contributed by atoms with Crippen LogP contribution in [0.15, 0.2) is 84.6 Å². The molecule has 0 N–H and O–H groups in total. The second-order valence-electron chi connectivity index (χ2n) is 8.02. The number of carbonyl (C=O) groups excluding carboxylic acids is 2. The smallest absolute Gasteiger partial charge is 0.362 e. The molecule has 4 nitrogen and oxygen atoms in total. The number of hydrogen-bond donors (Lipinski definition) is 0. The molecule has 5 rings (SSSR count). The zero-order valence-electron chi connectivity index (χ0n) is 17.5. The Morgan fingerprint density at radius 1 is 0.727 bits per heavy atom. The molecule has 0 saturated heterocycles. The highest BCUT2D eigenvalue weighted by Crippen LogP contribution is 2.38. The van der Waals surface area contributed by atoms with E-state index in [9.17, 15) is 22.8 Å². The van der Waals surface area contributed by atoms with Crippen molar-refractivity contribution in [3.05, 3.63) is 107 Å². The van der Waals surface area contributed by atoms with Crippen LogP contribution >= 0.6 is 0 Å². The van der Waals surface area contributed by atoms with E-state index in [0.717, 1.165) is 41.1 Å². The van der Waals surface area contributed by atoms with Gasteiger partial charge in [-0.3, -0.25) is 9.59 Å². The highest BCUT2D eigenvalue weighted by atomic mass is 19.4. The number of benzene rings is 3. The van der Waals surface area contributed by atoms with Crippen molar-refractivity contribution in [3.63, 3.8) is 0 Å². The van der Waals surface area contributed by atoms with Gasteiger partial charge in [0, 0.05) is 13.1 Å². The molecule has 0 radical (unpaired) electrons. The average Bonchev–Trinajstić information content (AvgIpc) is 3.08. The van der Waals surface area contributed by atoms with Crippen molar-refractivity contribution >= 4 is 23.1 Å². The molecule has 33 heavy (non-hydrogen) atoms. The van der Waals surface area contributed by atoms with Gasteiger partial charge in [-0.1, -0.05) is 54.6 Å². The third-order valence-corrected chi connectivity index (χ3v) is 6.02. The van der Waals surface area contributed by atoms with Crippen LogP contribution in [0.5, 0.6) is 0 Å². The highest BCUT2D eigenvalue weighted by molar-refractivity contribution is 6.45. The predicted octanol–water partition coefficient (Wildman–Crippen LogP) is 5.05. The Kier molecular flexibility index (Phi) is 5.04. The standard InChI is InChI=1S/C26H19F3N2O2/c27-26(28,29)20-10-12-21(13-11-20)31-24(32)22(18-7-2-1-3-8-18)23(25(31)33)30-15-14-17-6-4-5-9-19(17)16-30/h1-13H,14-16H2. The van der Waals surface area contributed by atoms with Crippen molar-refractivity contribution in [2.24, 2.45) is 0 Å². The van der Waals surface area contributed by atoms with Gasteiger partial charge in [-0.05, 0) is 47.4 Å². The lowest BCUT2D eigenvalue weighted by atomic mass is 9.98. The molecule has 0 fully saturated rings. The molecule has 0 aliphatic carbocycles. The maximum atomic E-state index is 13.6. The first kappa shape index (κ1) is 21.0. The summed E-state index contributed by atoms with van der Waals surface area (Å²) >= 11 is 0. The van der Waals surface area contributed by atoms with E-state index in [4.69, 9.17) is 0 Å². The molecule has 0 spiro atoms. The van der Waals surface area contributed by atoms with Crippen molar-refractivity contribution in [2.75, 3.05) is 11.4 Å². The van der Waals surface area contributed by atoms with Crippen molar-refractivity contribution < 1.29 is 22.8 Å². The van der Waals surface area contributed by atoms with E-state index >= 15 is 0 Å². The van der Waals surface area contributed by atoms with Gasteiger partial charge < -0.3 is 4.90 Å². The number of rotatable bonds is 3. The van der Waals surface area contributed by atoms with Crippen LogP contribution < -0.4 is 4.90 Å². The van der Waals surface area contributed by atoms with E-state index in [-0.39, 0.29) is 17.0 Å². The van der Waals surface area contributed by atoms with Gasteiger partial charge in [-0.15, -0.1) is 0 Å². The van der Waals surface area contributed by atoms with E-state index in [0.29, 0.717) is 18.7 Å². The molecule has 7 heteroatoms. The minimum absolute atomic E-state index is 0.110. The van der Waals surface area contributed by atoms with Crippen LogP contribution in [0.4, 0.5) is 18.9 Å². The first-order valence-corrected chi connectivity index (χ1v) is 10.5. The van der Waals surface area contributed by atoms with Gasteiger partial charge in [-0.25, -0.2) is 4.90 Å². The summed E-state index contributed by atoms with van der Waals surface area (Å²) in [5.74, 6) is -1.07. The Hall–Kier alpha value is -3.87. The fraction of sp³-hybridized carbons (Fsp3) is 0.154. The van der Waals surface area contributed by atoms with Crippen LogP contribution in [0.25, 0.3) is 5.57 Å². The Bertz CT molecular complexity index is 1260. The maximum absolute atomic E-state index is 13.6. The first-order chi connectivity index (χ1) is 15.8. The van der Waals surface area contributed by atoms with Crippen LogP contribution in [0.3, 0.4) is 0 Å². The molecule has 2 heterocycles. The van der Waals surface area contributed by atoms with Crippen LogP contribution in [-0.2, 0) is 28.7 Å².